The van der Waals surface area contributed by atoms with Crippen LogP contribution in [-0.4, -0.2) is 49.0 Å². The van der Waals surface area contributed by atoms with E-state index in [1.807, 2.05) is 0 Å². The summed E-state index contributed by atoms with van der Waals surface area (Å²) in [5, 5.41) is 8.91. The van der Waals surface area contributed by atoms with E-state index >= 15 is 0 Å². The third-order valence-electron chi connectivity index (χ3n) is 3.78. The Morgan fingerprint density at radius 2 is 1.97 bits per heavy atom. The quantitative estimate of drug-likeness (QED) is 0.220. The van der Waals surface area contributed by atoms with E-state index in [2.05, 4.69) is 14.3 Å². The van der Waals surface area contributed by atoms with Gasteiger partial charge in [-0.1, -0.05) is 23.2 Å². The van der Waals surface area contributed by atoms with Crippen molar-refractivity contribution in [1.29, 1.82) is 0 Å². The molecule has 0 spiro atoms. The smallest absolute Gasteiger partial charge is 0.474 e. The summed E-state index contributed by atoms with van der Waals surface area (Å²) in [5.74, 6) is -1.79. The number of hydrogen-bond acceptors (Lipinski definition) is 9. The third kappa shape index (κ3) is 7.05. The summed E-state index contributed by atoms with van der Waals surface area (Å²) in [6, 6.07) is 2.41. The molecule has 1 aliphatic rings. The largest absolute Gasteiger partial charge is 0.511 e. The maximum absolute atomic E-state index is 13.4. The van der Waals surface area contributed by atoms with Gasteiger partial charge in [0.15, 0.2) is 0 Å². The lowest BCUT2D eigenvalue weighted by molar-refractivity contribution is -0.758. The molecule has 176 valence electrons. The van der Waals surface area contributed by atoms with E-state index in [4.69, 9.17) is 32.7 Å². The summed E-state index contributed by atoms with van der Waals surface area (Å²) in [4.78, 5) is 37.8. The minimum atomic E-state index is -4.99. The van der Waals surface area contributed by atoms with E-state index in [1.54, 1.807) is 0 Å². The van der Waals surface area contributed by atoms with Crippen molar-refractivity contribution >= 4 is 41.4 Å². The molecular formula is C17H14Cl2F3NO9. The summed E-state index contributed by atoms with van der Waals surface area (Å²) >= 11 is 11.7. The summed E-state index contributed by atoms with van der Waals surface area (Å²) in [7, 11) is 0. The van der Waals surface area contributed by atoms with Crippen molar-refractivity contribution in [3.05, 3.63) is 43.4 Å². The molecule has 1 heterocycles. The zero-order valence-corrected chi connectivity index (χ0v) is 17.5. The Bertz CT molecular complexity index is 923. The summed E-state index contributed by atoms with van der Waals surface area (Å²) in [6.07, 6.45) is -9.04. The van der Waals surface area contributed by atoms with Crippen molar-refractivity contribution < 1.29 is 51.6 Å². The van der Waals surface area contributed by atoms with Crippen LogP contribution in [0.15, 0.2) is 17.7 Å². The van der Waals surface area contributed by atoms with Crippen molar-refractivity contribution in [2.45, 2.75) is 31.7 Å². The van der Waals surface area contributed by atoms with Gasteiger partial charge >= 0.3 is 18.3 Å². The maximum atomic E-state index is 13.4. The number of ether oxygens (including phenoxy) is 4. The minimum Gasteiger partial charge on any atom is -0.474 e. The molecule has 0 N–H and O–H groups in total. The van der Waals surface area contributed by atoms with Crippen LogP contribution in [0.25, 0.3) is 6.08 Å². The highest BCUT2D eigenvalue weighted by atomic mass is 35.5. The van der Waals surface area contributed by atoms with Gasteiger partial charge in [0, 0.05) is 17.0 Å². The molecule has 0 fully saturated rings. The zero-order chi connectivity index (χ0) is 24.1. The summed E-state index contributed by atoms with van der Waals surface area (Å²) in [6.45, 7) is -0.0395. The number of esters is 1. The van der Waals surface area contributed by atoms with Gasteiger partial charge in [0.05, 0.1) is 17.2 Å². The van der Waals surface area contributed by atoms with Crippen LogP contribution in [0, 0.1) is 10.1 Å². The molecule has 0 unspecified atom stereocenters. The van der Waals surface area contributed by atoms with Crippen molar-refractivity contribution in [2.24, 2.45) is 0 Å². The Hall–Kier alpha value is -2.93. The van der Waals surface area contributed by atoms with Crippen LogP contribution < -0.4 is 4.74 Å². The Morgan fingerprint density at radius 3 is 2.59 bits per heavy atom. The predicted molar refractivity (Wildman–Crippen MR) is 100 cm³/mol. The van der Waals surface area contributed by atoms with Gasteiger partial charge in [-0.05, 0) is 25.1 Å². The first-order valence-corrected chi connectivity index (χ1v) is 9.36. The van der Waals surface area contributed by atoms with Gasteiger partial charge in [0.1, 0.15) is 11.9 Å². The number of hydrogen-bond donors (Lipinski definition) is 0. The van der Waals surface area contributed by atoms with Crippen molar-refractivity contribution in [3.8, 4) is 5.75 Å². The predicted octanol–water partition coefficient (Wildman–Crippen LogP) is 4.34. The average molecular weight is 504 g/mol. The highest BCUT2D eigenvalue weighted by Gasteiger charge is 2.49. The number of benzene rings is 1. The van der Waals surface area contributed by atoms with E-state index in [9.17, 15) is 32.9 Å². The molecule has 0 saturated heterocycles. The molecule has 1 aromatic carbocycles. The number of fused-ring (bicyclic) bond motifs is 1. The molecule has 15 heteroatoms. The number of rotatable bonds is 8. The molecule has 0 bridgehead atoms. The van der Waals surface area contributed by atoms with E-state index < -0.39 is 48.0 Å². The normalized spacial score (nSPS) is 16.1. The minimum absolute atomic E-state index is 0.0149. The first-order chi connectivity index (χ1) is 14.9. The second-order valence-electron chi connectivity index (χ2n) is 6.16. The van der Waals surface area contributed by atoms with Crippen molar-refractivity contribution in [1.82, 2.24) is 0 Å². The molecule has 1 aliphatic heterocycles. The lowest BCUT2D eigenvalue weighted by Gasteiger charge is -2.28. The highest BCUT2D eigenvalue weighted by Crippen LogP contribution is 2.42. The lowest BCUT2D eigenvalue weighted by atomic mass is 10.0. The van der Waals surface area contributed by atoms with Gasteiger partial charge in [-0.25, -0.2) is 9.59 Å². The van der Waals surface area contributed by atoms with E-state index in [0.29, 0.717) is 0 Å². The monoisotopic (exact) mass is 503 g/mol. The van der Waals surface area contributed by atoms with Crippen LogP contribution in [0.4, 0.5) is 18.0 Å². The Morgan fingerprint density at radius 1 is 1.28 bits per heavy atom. The first kappa shape index (κ1) is 25.3. The number of alkyl halides is 3. The second-order valence-corrected chi connectivity index (χ2v) is 7.01. The van der Waals surface area contributed by atoms with Gasteiger partial charge in [0.2, 0.25) is 12.9 Å². The molecule has 0 aliphatic carbocycles. The first-order valence-electron chi connectivity index (χ1n) is 8.60. The van der Waals surface area contributed by atoms with Crippen LogP contribution in [-0.2, 0) is 23.8 Å². The van der Waals surface area contributed by atoms with Gasteiger partial charge in [-0.15, -0.1) is 10.1 Å². The Labute approximate surface area is 187 Å². The number of carbonyl (C=O) groups excluding carboxylic acids is 2. The molecule has 10 nitrogen and oxygen atoms in total. The molecule has 0 saturated carbocycles. The van der Waals surface area contributed by atoms with Crippen LogP contribution in [0.2, 0.25) is 10.0 Å². The molecule has 2 rings (SSSR count). The fourth-order valence-electron chi connectivity index (χ4n) is 2.41. The Kier molecular flexibility index (Phi) is 8.38. The molecule has 1 aromatic rings. The third-order valence-corrected chi connectivity index (χ3v) is 4.28. The van der Waals surface area contributed by atoms with E-state index in [0.717, 1.165) is 6.08 Å². The summed E-state index contributed by atoms with van der Waals surface area (Å²) < 4.78 is 58.8. The number of carbonyl (C=O) groups is 2. The van der Waals surface area contributed by atoms with Crippen LogP contribution in [0.1, 0.15) is 18.9 Å². The van der Waals surface area contributed by atoms with Crippen LogP contribution >= 0.6 is 23.2 Å². The van der Waals surface area contributed by atoms with Gasteiger partial charge in [-0.3, -0.25) is 0 Å². The van der Waals surface area contributed by atoms with E-state index in [1.165, 1.54) is 19.1 Å². The SMILES string of the molecule is C[C@@H](CCO[N+](=O)[O-])OC(=O)OCOC(=O)C1=Cc2cc(Cl)cc(Cl)c2O[C@@H]1C(F)(F)F. The Balaban J connectivity index is 1.99. The average Bonchev–Trinajstić information content (AvgIpc) is 2.65. The van der Waals surface area contributed by atoms with Crippen molar-refractivity contribution in [3.63, 3.8) is 0 Å². The van der Waals surface area contributed by atoms with Crippen molar-refractivity contribution in [2.75, 3.05) is 13.4 Å². The fraction of sp³-hybridized carbons (Fsp3) is 0.412. The second kappa shape index (κ2) is 10.6. The lowest BCUT2D eigenvalue weighted by Crippen LogP contribution is -2.41. The molecule has 0 aromatic heterocycles. The topological polar surface area (TPSA) is 123 Å². The molecule has 0 amide bonds. The van der Waals surface area contributed by atoms with E-state index in [-0.39, 0.29) is 34.4 Å². The molecule has 0 radical (unpaired) electrons. The summed E-state index contributed by atoms with van der Waals surface area (Å²) in [5.41, 5.74) is -0.911. The standard InChI is InChI=1S/C17H14Cl2F3NO9/c1-8(2-3-30-23(26)27)31-16(25)29-7-28-15(24)11-5-9-4-10(18)6-12(19)13(9)32-14(11)17(20,21)22/h4-6,8,14H,2-3,7H2,1H3/t8-,14-/m0/s1. The van der Waals surface area contributed by atoms with Crippen LogP contribution in [0.5, 0.6) is 5.75 Å². The molecule has 32 heavy (non-hydrogen) atoms. The highest BCUT2D eigenvalue weighted by molar-refractivity contribution is 6.36. The molecule has 2 atom stereocenters. The number of halogens is 5. The zero-order valence-electron chi connectivity index (χ0n) is 16.0. The maximum Gasteiger partial charge on any atom is 0.511 e. The number of nitrogens with zero attached hydrogens (tertiary/aromatic N) is 1. The van der Waals surface area contributed by atoms with Gasteiger partial charge in [-0.2, -0.15) is 13.2 Å². The molecular weight excluding hydrogens is 490 g/mol. The van der Waals surface area contributed by atoms with Gasteiger partial charge in [0.25, 0.3) is 5.09 Å². The van der Waals surface area contributed by atoms with Gasteiger partial charge < -0.3 is 23.8 Å². The van der Waals surface area contributed by atoms with Crippen LogP contribution in [0.3, 0.4) is 0 Å². The fourth-order valence-corrected chi connectivity index (χ4v) is 2.96.